The summed E-state index contributed by atoms with van der Waals surface area (Å²) < 4.78 is 22.9. The summed E-state index contributed by atoms with van der Waals surface area (Å²) in [5.74, 6) is 1.89. The molecule has 0 aliphatic carbocycles. The van der Waals surface area contributed by atoms with Crippen LogP contribution in [0.1, 0.15) is 32.6 Å². The molecule has 0 radical (unpaired) electrons. The fourth-order valence-corrected chi connectivity index (χ4v) is 4.78. The Morgan fingerprint density at radius 2 is 1.31 bits per heavy atom. The minimum Gasteiger partial charge on any atom is -0.497 e. The number of hydrogen-bond donors (Lipinski definition) is 0. The van der Waals surface area contributed by atoms with Gasteiger partial charge in [0, 0.05) is 27.5 Å². The second kappa shape index (κ2) is 8.84. The molecule has 1 aliphatic heterocycles. The van der Waals surface area contributed by atoms with Gasteiger partial charge in [-0.1, -0.05) is 54.6 Å². The molecular weight excluding hydrogens is 440 g/mol. The van der Waals surface area contributed by atoms with E-state index in [4.69, 9.17) is 18.9 Å². The standard InChI is InChI=1S/C30H26O5/c1-19-24-17-18-30(20-9-13-22(32-2)14-10-20,21-11-15-23(33-3)16-12-21)35-28(24)26-8-6-5-7-25(26)27(19)29(31)34-4/h5-18H,1-4H3. The van der Waals surface area contributed by atoms with E-state index >= 15 is 0 Å². The molecule has 0 spiro atoms. The van der Waals surface area contributed by atoms with Gasteiger partial charge in [-0.25, -0.2) is 4.79 Å². The molecule has 0 aromatic heterocycles. The zero-order valence-electron chi connectivity index (χ0n) is 20.1. The lowest BCUT2D eigenvalue weighted by Crippen LogP contribution is -2.34. The average Bonchev–Trinajstić information content (AvgIpc) is 2.92. The Labute approximate surface area is 204 Å². The SMILES string of the molecule is COC(=O)c1c(C)c2c(c3ccccc13)OC(c1ccc(OC)cc1)(c1ccc(OC)cc1)C=C2. The van der Waals surface area contributed by atoms with Crippen LogP contribution >= 0.6 is 0 Å². The van der Waals surface area contributed by atoms with Gasteiger partial charge in [0.05, 0.1) is 26.9 Å². The van der Waals surface area contributed by atoms with Gasteiger partial charge in [0.1, 0.15) is 17.2 Å². The molecule has 4 aromatic carbocycles. The first-order valence-electron chi connectivity index (χ1n) is 11.3. The summed E-state index contributed by atoms with van der Waals surface area (Å²) in [5.41, 5.74) is 3.24. The third kappa shape index (κ3) is 3.60. The molecule has 0 N–H and O–H groups in total. The highest BCUT2D eigenvalue weighted by atomic mass is 16.5. The van der Waals surface area contributed by atoms with E-state index in [0.29, 0.717) is 5.56 Å². The van der Waals surface area contributed by atoms with Crippen LogP contribution in [0.4, 0.5) is 0 Å². The van der Waals surface area contributed by atoms with Crippen molar-refractivity contribution in [2.75, 3.05) is 21.3 Å². The zero-order valence-corrected chi connectivity index (χ0v) is 20.1. The number of carbonyl (C=O) groups is 1. The van der Waals surface area contributed by atoms with Crippen molar-refractivity contribution in [1.82, 2.24) is 0 Å². The Bertz CT molecular complexity index is 1390. The van der Waals surface area contributed by atoms with Crippen molar-refractivity contribution in [3.8, 4) is 17.2 Å². The topological polar surface area (TPSA) is 54.0 Å². The van der Waals surface area contributed by atoms with E-state index in [1.54, 1.807) is 14.2 Å². The van der Waals surface area contributed by atoms with Gasteiger partial charge >= 0.3 is 5.97 Å². The number of ether oxygens (including phenoxy) is 4. The molecule has 176 valence electrons. The van der Waals surface area contributed by atoms with Gasteiger partial charge in [-0.15, -0.1) is 0 Å². The number of rotatable bonds is 5. The lowest BCUT2D eigenvalue weighted by Gasteiger charge is -2.37. The van der Waals surface area contributed by atoms with Gasteiger partial charge in [-0.2, -0.15) is 0 Å². The van der Waals surface area contributed by atoms with Crippen LogP contribution in [0.25, 0.3) is 16.8 Å². The molecule has 0 unspecified atom stereocenters. The Morgan fingerprint density at radius 3 is 1.83 bits per heavy atom. The van der Waals surface area contributed by atoms with E-state index in [0.717, 1.165) is 50.3 Å². The predicted molar refractivity (Wildman–Crippen MR) is 136 cm³/mol. The number of esters is 1. The molecular formula is C30H26O5. The molecule has 0 saturated carbocycles. The van der Waals surface area contributed by atoms with Crippen LogP contribution < -0.4 is 14.2 Å². The van der Waals surface area contributed by atoms with Crippen LogP contribution in [-0.4, -0.2) is 27.3 Å². The largest absolute Gasteiger partial charge is 0.497 e. The Hall–Kier alpha value is -4.25. The Balaban J connectivity index is 1.78. The molecule has 1 aliphatic rings. The molecule has 0 atom stereocenters. The maximum Gasteiger partial charge on any atom is 0.338 e. The molecule has 5 rings (SSSR count). The first-order valence-corrected chi connectivity index (χ1v) is 11.3. The first kappa shape index (κ1) is 22.5. The highest BCUT2D eigenvalue weighted by molar-refractivity contribution is 6.09. The summed E-state index contributed by atoms with van der Waals surface area (Å²) in [6.07, 6.45) is 4.09. The predicted octanol–water partition coefficient (Wildman–Crippen LogP) is 6.30. The number of methoxy groups -OCH3 is 3. The van der Waals surface area contributed by atoms with Gasteiger partial charge in [-0.05, 0) is 42.8 Å². The Morgan fingerprint density at radius 1 is 0.771 bits per heavy atom. The molecule has 5 heteroatoms. The summed E-state index contributed by atoms with van der Waals surface area (Å²) in [4.78, 5) is 12.7. The van der Waals surface area contributed by atoms with Gasteiger partial charge in [0.2, 0.25) is 0 Å². The van der Waals surface area contributed by atoms with Crippen molar-refractivity contribution in [3.05, 3.63) is 107 Å². The van der Waals surface area contributed by atoms with Crippen LogP contribution in [0, 0.1) is 6.92 Å². The minimum atomic E-state index is -0.895. The summed E-state index contributed by atoms with van der Waals surface area (Å²) >= 11 is 0. The number of fused-ring (bicyclic) bond motifs is 3. The fraction of sp³-hybridized carbons (Fsp3) is 0.167. The van der Waals surface area contributed by atoms with Crippen molar-refractivity contribution in [1.29, 1.82) is 0 Å². The van der Waals surface area contributed by atoms with Crippen molar-refractivity contribution < 1.29 is 23.7 Å². The van der Waals surface area contributed by atoms with Crippen molar-refractivity contribution in [3.63, 3.8) is 0 Å². The summed E-state index contributed by atoms with van der Waals surface area (Å²) in [7, 11) is 4.70. The van der Waals surface area contributed by atoms with E-state index in [-0.39, 0.29) is 5.97 Å². The van der Waals surface area contributed by atoms with E-state index in [2.05, 4.69) is 0 Å². The molecule has 0 saturated heterocycles. The van der Waals surface area contributed by atoms with Crippen molar-refractivity contribution in [2.24, 2.45) is 0 Å². The minimum absolute atomic E-state index is 0.364. The van der Waals surface area contributed by atoms with Crippen LogP contribution in [0.5, 0.6) is 17.2 Å². The smallest absolute Gasteiger partial charge is 0.338 e. The zero-order chi connectivity index (χ0) is 24.6. The molecule has 0 amide bonds. The molecule has 4 aromatic rings. The summed E-state index contributed by atoms with van der Waals surface area (Å²) in [5, 5.41) is 1.65. The van der Waals surface area contributed by atoms with Crippen LogP contribution in [0.3, 0.4) is 0 Å². The van der Waals surface area contributed by atoms with E-state index < -0.39 is 5.60 Å². The molecule has 0 bridgehead atoms. The highest BCUT2D eigenvalue weighted by Crippen LogP contribution is 2.47. The lowest BCUT2D eigenvalue weighted by atomic mass is 9.82. The van der Waals surface area contributed by atoms with Crippen LogP contribution in [-0.2, 0) is 10.3 Å². The van der Waals surface area contributed by atoms with Crippen LogP contribution in [0.15, 0.2) is 78.9 Å². The van der Waals surface area contributed by atoms with Crippen molar-refractivity contribution in [2.45, 2.75) is 12.5 Å². The summed E-state index contributed by atoms with van der Waals surface area (Å²) in [6.45, 7) is 1.93. The van der Waals surface area contributed by atoms with E-state index in [1.165, 1.54) is 7.11 Å². The number of hydrogen-bond acceptors (Lipinski definition) is 5. The van der Waals surface area contributed by atoms with Crippen molar-refractivity contribution >= 4 is 22.8 Å². The Kier molecular flexibility index (Phi) is 5.69. The summed E-state index contributed by atoms with van der Waals surface area (Å²) in [6, 6.07) is 23.5. The normalized spacial score (nSPS) is 13.6. The van der Waals surface area contributed by atoms with Gasteiger partial charge in [0.25, 0.3) is 0 Å². The number of benzene rings is 4. The molecule has 0 fully saturated rings. The second-order valence-corrected chi connectivity index (χ2v) is 8.41. The van der Waals surface area contributed by atoms with Crippen LogP contribution in [0.2, 0.25) is 0 Å². The second-order valence-electron chi connectivity index (χ2n) is 8.41. The third-order valence-electron chi connectivity index (χ3n) is 6.64. The average molecular weight is 467 g/mol. The van der Waals surface area contributed by atoms with Gasteiger partial charge in [-0.3, -0.25) is 0 Å². The highest BCUT2D eigenvalue weighted by Gasteiger charge is 2.39. The molecule has 1 heterocycles. The quantitative estimate of drug-likeness (QED) is 0.323. The number of carbonyl (C=O) groups excluding carboxylic acids is 1. The fourth-order valence-electron chi connectivity index (χ4n) is 4.78. The maximum absolute atomic E-state index is 12.7. The van der Waals surface area contributed by atoms with Gasteiger partial charge in [0.15, 0.2) is 5.60 Å². The third-order valence-corrected chi connectivity index (χ3v) is 6.64. The monoisotopic (exact) mass is 466 g/mol. The lowest BCUT2D eigenvalue weighted by molar-refractivity contribution is 0.0602. The first-order chi connectivity index (χ1) is 17.0. The van der Waals surface area contributed by atoms with E-state index in [9.17, 15) is 4.79 Å². The molecule has 35 heavy (non-hydrogen) atoms. The van der Waals surface area contributed by atoms with Gasteiger partial charge < -0.3 is 18.9 Å². The maximum atomic E-state index is 12.7. The van der Waals surface area contributed by atoms with E-state index in [1.807, 2.05) is 91.9 Å². The molecule has 5 nitrogen and oxygen atoms in total.